The highest BCUT2D eigenvalue weighted by Crippen LogP contribution is 2.15. The molecular weight excluding hydrogens is 646 g/mol. The molecule has 0 saturated carbocycles. The molecule has 0 aliphatic rings. The van der Waals surface area contributed by atoms with E-state index in [-0.39, 0.29) is 0 Å². The molecule has 294 valence electrons. The van der Waals surface area contributed by atoms with Gasteiger partial charge in [-0.2, -0.15) is 0 Å². The number of hydrogen-bond donors (Lipinski definition) is 1. The van der Waals surface area contributed by atoms with Crippen LogP contribution in [0.4, 0.5) is 0 Å². The van der Waals surface area contributed by atoms with E-state index in [0.29, 0.717) is 139 Å². The molecule has 1 N–H and O–H groups in total. The van der Waals surface area contributed by atoms with Crippen LogP contribution in [0.5, 0.6) is 5.75 Å². The Hall–Kier alpha value is -1.42. The van der Waals surface area contributed by atoms with Gasteiger partial charge in [0.05, 0.1) is 132 Å². The van der Waals surface area contributed by atoms with E-state index in [0.717, 1.165) is 18.7 Å². The average molecular weight is 718 g/mol. The van der Waals surface area contributed by atoms with E-state index in [1.807, 2.05) is 7.05 Å². The predicted octanol–water partition coefficient (Wildman–Crippen LogP) is 4.74. The summed E-state index contributed by atoms with van der Waals surface area (Å²) in [6.45, 7) is 14.5. The van der Waals surface area contributed by atoms with Gasteiger partial charge < -0.3 is 57.4 Å². The quantitative estimate of drug-likeness (QED) is 0.0943. The molecule has 0 heterocycles. The van der Waals surface area contributed by atoms with Crippen LogP contribution in [0.3, 0.4) is 0 Å². The zero-order valence-corrected chi connectivity index (χ0v) is 31.5. The Morgan fingerprint density at radius 1 is 0.380 bits per heavy atom. The van der Waals surface area contributed by atoms with Crippen molar-refractivity contribution < 1.29 is 52.1 Å². The van der Waals surface area contributed by atoms with Crippen molar-refractivity contribution in [3.8, 4) is 5.75 Å². The summed E-state index contributed by atoms with van der Waals surface area (Å²) in [6, 6.07) is 8.46. The monoisotopic (exact) mass is 718 g/mol. The highest BCUT2D eigenvalue weighted by Gasteiger charge is 1.99. The molecule has 0 amide bonds. The summed E-state index contributed by atoms with van der Waals surface area (Å²) in [4.78, 5) is 0. The van der Waals surface area contributed by atoms with Gasteiger partial charge in [-0.25, -0.2) is 0 Å². The molecule has 0 atom stereocenters. The highest BCUT2D eigenvalue weighted by molar-refractivity contribution is 5.27. The van der Waals surface area contributed by atoms with E-state index in [9.17, 15) is 0 Å². The number of benzene rings is 1. The van der Waals surface area contributed by atoms with Crippen molar-refractivity contribution in [3.63, 3.8) is 0 Å². The standard InChI is InChI=1S/C38H71NO11/c1-3-4-5-6-7-8-9-10-37-11-13-38(14-12-37)50-36-35-49-34-33-48-32-31-47-30-29-46-28-27-45-26-25-44-24-23-43-22-21-42-20-19-41-18-17-40-16-15-39-2/h11-14,39H,3-10,15-36H2,1-2H3. The van der Waals surface area contributed by atoms with Gasteiger partial charge >= 0.3 is 0 Å². The number of hydrogen-bond acceptors (Lipinski definition) is 12. The van der Waals surface area contributed by atoms with Gasteiger partial charge in [-0.1, -0.05) is 57.6 Å². The van der Waals surface area contributed by atoms with Gasteiger partial charge in [-0.15, -0.1) is 0 Å². The Morgan fingerprint density at radius 2 is 0.700 bits per heavy atom. The van der Waals surface area contributed by atoms with Gasteiger partial charge in [0.25, 0.3) is 0 Å². The molecule has 0 aliphatic carbocycles. The molecule has 0 spiro atoms. The molecule has 1 aromatic rings. The fourth-order valence-electron chi connectivity index (χ4n) is 4.51. The molecule has 0 aromatic heterocycles. The second-order valence-electron chi connectivity index (χ2n) is 11.6. The lowest BCUT2D eigenvalue weighted by atomic mass is 10.0. The maximum atomic E-state index is 5.78. The van der Waals surface area contributed by atoms with E-state index >= 15 is 0 Å². The molecule has 12 nitrogen and oxygen atoms in total. The fourth-order valence-corrected chi connectivity index (χ4v) is 4.51. The zero-order chi connectivity index (χ0) is 35.7. The Bertz CT molecular complexity index is 776. The summed E-state index contributed by atoms with van der Waals surface area (Å²) in [5, 5.41) is 3.02. The van der Waals surface area contributed by atoms with Gasteiger partial charge in [0.15, 0.2) is 0 Å². The number of likely N-dealkylation sites (N-methyl/N-ethyl adjacent to an activating group) is 1. The van der Waals surface area contributed by atoms with E-state index in [4.69, 9.17) is 52.1 Å². The van der Waals surface area contributed by atoms with Crippen LogP contribution in [0.25, 0.3) is 0 Å². The molecule has 0 fully saturated rings. The minimum atomic E-state index is 0.518. The van der Waals surface area contributed by atoms with Crippen LogP contribution in [-0.4, -0.2) is 152 Å². The summed E-state index contributed by atoms with van der Waals surface area (Å²) < 4.78 is 60.7. The molecule has 0 bridgehead atoms. The van der Waals surface area contributed by atoms with Crippen LogP contribution in [0.1, 0.15) is 57.4 Å². The van der Waals surface area contributed by atoms with Crippen LogP contribution in [0, 0.1) is 0 Å². The first kappa shape index (κ1) is 46.6. The molecule has 1 aromatic carbocycles. The molecule has 0 unspecified atom stereocenters. The highest BCUT2D eigenvalue weighted by atomic mass is 16.6. The summed E-state index contributed by atoms with van der Waals surface area (Å²) in [5.74, 6) is 0.888. The summed E-state index contributed by atoms with van der Waals surface area (Å²) in [6.07, 6.45) is 10.5. The summed E-state index contributed by atoms with van der Waals surface area (Å²) in [7, 11) is 1.90. The topological polar surface area (TPSA) is 114 Å². The number of aryl methyl sites for hydroxylation is 1. The molecule has 0 saturated heterocycles. The Balaban J connectivity index is 1.69. The lowest BCUT2D eigenvalue weighted by molar-refractivity contribution is -0.0266. The molecule has 0 aliphatic heterocycles. The van der Waals surface area contributed by atoms with Crippen LogP contribution < -0.4 is 10.1 Å². The normalized spacial score (nSPS) is 11.5. The van der Waals surface area contributed by atoms with Crippen molar-refractivity contribution in [1.29, 1.82) is 0 Å². The van der Waals surface area contributed by atoms with Crippen molar-refractivity contribution in [2.24, 2.45) is 0 Å². The van der Waals surface area contributed by atoms with Crippen LogP contribution in [0.2, 0.25) is 0 Å². The first-order valence-corrected chi connectivity index (χ1v) is 19.0. The minimum Gasteiger partial charge on any atom is -0.491 e. The number of nitrogens with one attached hydrogen (secondary N) is 1. The van der Waals surface area contributed by atoms with Crippen molar-refractivity contribution in [2.45, 2.75) is 58.3 Å². The van der Waals surface area contributed by atoms with Gasteiger partial charge in [0.1, 0.15) is 12.4 Å². The molecule has 50 heavy (non-hydrogen) atoms. The molecule has 1 rings (SSSR count). The van der Waals surface area contributed by atoms with Gasteiger partial charge in [0.2, 0.25) is 0 Å². The first-order chi connectivity index (χ1) is 24.9. The average Bonchev–Trinajstić information content (AvgIpc) is 3.13. The largest absolute Gasteiger partial charge is 0.491 e. The SMILES string of the molecule is CCCCCCCCCc1ccc(OCCOCCOCCOCCOCCOCCOCCOCCOCCOCCOCCNC)cc1. The lowest BCUT2D eigenvalue weighted by Gasteiger charge is -2.09. The zero-order valence-electron chi connectivity index (χ0n) is 31.5. The van der Waals surface area contributed by atoms with Crippen LogP contribution in [-0.2, 0) is 53.8 Å². The van der Waals surface area contributed by atoms with Gasteiger partial charge in [-0.05, 0) is 37.6 Å². The molecule has 0 radical (unpaired) electrons. The third kappa shape index (κ3) is 35.0. The lowest BCUT2D eigenvalue weighted by Crippen LogP contribution is -2.17. The number of rotatable bonds is 42. The van der Waals surface area contributed by atoms with Crippen molar-refractivity contribution in [2.75, 3.05) is 152 Å². The Kier molecular flexibility index (Phi) is 37.6. The van der Waals surface area contributed by atoms with Crippen LogP contribution >= 0.6 is 0 Å². The minimum absolute atomic E-state index is 0.518. The molecular formula is C38H71NO11. The van der Waals surface area contributed by atoms with Crippen LogP contribution in [0.15, 0.2) is 24.3 Å². The Morgan fingerprint density at radius 3 is 1.06 bits per heavy atom. The maximum absolute atomic E-state index is 5.78. The second-order valence-corrected chi connectivity index (χ2v) is 11.6. The number of ether oxygens (including phenoxy) is 11. The predicted molar refractivity (Wildman–Crippen MR) is 196 cm³/mol. The maximum Gasteiger partial charge on any atom is 0.119 e. The van der Waals surface area contributed by atoms with Gasteiger partial charge in [0, 0.05) is 6.54 Å². The van der Waals surface area contributed by atoms with Gasteiger partial charge in [-0.3, -0.25) is 0 Å². The smallest absolute Gasteiger partial charge is 0.119 e. The van der Waals surface area contributed by atoms with Crippen molar-refractivity contribution in [3.05, 3.63) is 29.8 Å². The summed E-state index contributed by atoms with van der Waals surface area (Å²) in [5.41, 5.74) is 1.38. The van der Waals surface area contributed by atoms with E-state index in [1.165, 1.54) is 50.5 Å². The second kappa shape index (κ2) is 40.4. The van der Waals surface area contributed by atoms with Crippen molar-refractivity contribution >= 4 is 0 Å². The number of unbranched alkanes of at least 4 members (excludes halogenated alkanes) is 6. The van der Waals surface area contributed by atoms with Crippen molar-refractivity contribution in [1.82, 2.24) is 5.32 Å². The molecule has 12 heteroatoms. The Labute approximate surface area is 303 Å². The fraction of sp³-hybridized carbons (Fsp3) is 0.842. The van der Waals surface area contributed by atoms with E-state index in [2.05, 4.69) is 36.5 Å². The summed E-state index contributed by atoms with van der Waals surface area (Å²) >= 11 is 0. The van der Waals surface area contributed by atoms with E-state index in [1.54, 1.807) is 0 Å². The third-order valence-corrected chi connectivity index (χ3v) is 7.33. The first-order valence-electron chi connectivity index (χ1n) is 19.0. The third-order valence-electron chi connectivity index (χ3n) is 7.33. The van der Waals surface area contributed by atoms with E-state index < -0.39 is 0 Å².